The van der Waals surface area contributed by atoms with Crippen LogP contribution in [0.15, 0.2) is 65.6 Å². The molecule has 0 saturated heterocycles. The van der Waals surface area contributed by atoms with Crippen LogP contribution in [0.2, 0.25) is 5.02 Å². The topological polar surface area (TPSA) is 84.9 Å². The Morgan fingerprint density at radius 1 is 1.00 bits per heavy atom. The molecule has 1 N–H and O–H groups in total. The number of carbonyl (C=O) groups excluding carboxylic acids is 1. The molecule has 1 aliphatic heterocycles. The summed E-state index contributed by atoms with van der Waals surface area (Å²) in [5.74, 6) is 0.629. The van der Waals surface area contributed by atoms with Crippen LogP contribution in [0.25, 0.3) is 0 Å². The zero-order valence-electron chi connectivity index (χ0n) is 18.2. The summed E-state index contributed by atoms with van der Waals surface area (Å²) in [5, 5.41) is 3.27. The summed E-state index contributed by atoms with van der Waals surface area (Å²) < 4.78 is 38.4. The molecule has 0 aliphatic carbocycles. The summed E-state index contributed by atoms with van der Waals surface area (Å²) in [6, 6.07) is 16.4. The van der Waals surface area contributed by atoms with Gasteiger partial charge in [-0.1, -0.05) is 11.6 Å². The Labute approximate surface area is 197 Å². The quantitative estimate of drug-likeness (QED) is 0.543. The van der Waals surface area contributed by atoms with Crippen LogP contribution in [0.1, 0.15) is 22.3 Å². The van der Waals surface area contributed by atoms with Gasteiger partial charge in [-0.05, 0) is 79.1 Å². The third-order valence-corrected chi connectivity index (χ3v) is 7.53. The molecule has 0 atom stereocenters. The first-order valence-electron chi connectivity index (χ1n) is 10.3. The fourth-order valence-corrected chi connectivity index (χ4v) is 5.53. The number of amides is 1. The highest BCUT2D eigenvalue weighted by atomic mass is 35.5. The molecule has 0 aromatic heterocycles. The molecule has 0 unspecified atom stereocenters. The Hall–Kier alpha value is -3.23. The minimum atomic E-state index is -3.73. The Balaban J connectivity index is 1.61. The summed E-state index contributed by atoms with van der Waals surface area (Å²) in [4.78, 5) is 13.0. The number of carbonyl (C=O) groups is 1. The number of halogens is 1. The summed E-state index contributed by atoms with van der Waals surface area (Å²) >= 11 is 6.04. The van der Waals surface area contributed by atoms with Gasteiger partial charge in [0.2, 0.25) is 0 Å². The van der Waals surface area contributed by atoms with Gasteiger partial charge in [0.25, 0.3) is 15.9 Å². The van der Waals surface area contributed by atoms with Gasteiger partial charge in [-0.15, -0.1) is 0 Å². The van der Waals surface area contributed by atoms with E-state index in [-0.39, 0.29) is 10.8 Å². The van der Waals surface area contributed by atoms with E-state index in [0.717, 1.165) is 5.56 Å². The average molecular weight is 487 g/mol. The predicted molar refractivity (Wildman–Crippen MR) is 128 cm³/mol. The third-order valence-electron chi connectivity index (χ3n) is 5.47. The SMILES string of the molecule is COc1ccc(S(=O)(=O)N2CCCc3cc(NC(=O)c4cc(Cl)ccc4OC)ccc32)cc1. The second-order valence-electron chi connectivity index (χ2n) is 7.50. The number of hydrogen-bond acceptors (Lipinski definition) is 5. The maximum absolute atomic E-state index is 13.3. The number of anilines is 2. The number of ether oxygens (including phenoxy) is 2. The van der Waals surface area contributed by atoms with Crippen LogP contribution in [-0.2, 0) is 16.4 Å². The van der Waals surface area contributed by atoms with E-state index >= 15 is 0 Å². The zero-order chi connectivity index (χ0) is 23.6. The van der Waals surface area contributed by atoms with Gasteiger partial charge in [-0.2, -0.15) is 0 Å². The van der Waals surface area contributed by atoms with Gasteiger partial charge in [0.1, 0.15) is 11.5 Å². The maximum atomic E-state index is 13.3. The number of nitrogens with zero attached hydrogens (tertiary/aromatic N) is 1. The van der Waals surface area contributed by atoms with Crippen molar-refractivity contribution in [3.05, 3.63) is 76.8 Å². The standard InChI is InChI=1S/C24H23ClN2O5S/c1-31-19-7-9-20(10-8-19)33(29,30)27-13-3-4-16-14-18(6-11-22(16)27)26-24(28)21-15-17(25)5-12-23(21)32-2/h5-12,14-15H,3-4,13H2,1-2H3,(H,26,28). The maximum Gasteiger partial charge on any atom is 0.264 e. The molecule has 7 nitrogen and oxygen atoms in total. The second-order valence-corrected chi connectivity index (χ2v) is 9.80. The minimum Gasteiger partial charge on any atom is -0.497 e. The van der Waals surface area contributed by atoms with Gasteiger partial charge >= 0.3 is 0 Å². The largest absolute Gasteiger partial charge is 0.497 e. The van der Waals surface area contributed by atoms with Crippen LogP contribution < -0.4 is 19.1 Å². The molecule has 9 heteroatoms. The van der Waals surface area contributed by atoms with Crippen molar-refractivity contribution in [3.63, 3.8) is 0 Å². The van der Waals surface area contributed by atoms with Crippen molar-refractivity contribution in [1.29, 1.82) is 0 Å². The number of methoxy groups -OCH3 is 2. The first-order valence-corrected chi connectivity index (χ1v) is 12.1. The molecule has 172 valence electrons. The minimum absolute atomic E-state index is 0.196. The van der Waals surface area contributed by atoms with E-state index in [1.54, 1.807) is 42.5 Å². The van der Waals surface area contributed by atoms with E-state index in [9.17, 15) is 13.2 Å². The van der Waals surface area contributed by atoms with Gasteiger partial charge in [0.05, 0.1) is 30.4 Å². The summed E-state index contributed by atoms with van der Waals surface area (Å²) in [5.41, 5.74) is 2.32. The molecule has 33 heavy (non-hydrogen) atoms. The molecule has 0 bridgehead atoms. The zero-order valence-corrected chi connectivity index (χ0v) is 19.7. The van der Waals surface area contributed by atoms with E-state index in [1.165, 1.54) is 36.7 Å². The Morgan fingerprint density at radius 2 is 1.76 bits per heavy atom. The van der Waals surface area contributed by atoms with Gasteiger partial charge in [-0.3, -0.25) is 9.10 Å². The van der Waals surface area contributed by atoms with Crippen molar-refractivity contribution in [2.45, 2.75) is 17.7 Å². The third kappa shape index (κ3) is 4.62. The molecule has 0 radical (unpaired) electrons. The average Bonchev–Trinajstić information content (AvgIpc) is 2.83. The smallest absolute Gasteiger partial charge is 0.264 e. The molecular formula is C24H23ClN2O5S. The molecule has 1 amide bonds. The highest BCUT2D eigenvalue weighted by Crippen LogP contribution is 2.34. The van der Waals surface area contributed by atoms with Gasteiger partial charge < -0.3 is 14.8 Å². The molecule has 1 heterocycles. The number of fused-ring (bicyclic) bond motifs is 1. The van der Waals surface area contributed by atoms with Gasteiger partial charge in [0, 0.05) is 17.3 Å². The second kappa shape index (κ2) is 9.33. The van der Waals surface area contributed by atoms with Crippen LogP contribution in [0.4, 0.5) is 11.4 Å². The van der Waals surface area contributed by atoms with Crippen LogP contribution in [0.3, 0.4) is 0 Å². The van der Waals surface area contributed by atoms with Crippen LogP contribution in [0.5, 0.6) is 11.5 Å². The lowest BCUT2D eigenvalue weighted by Crippen LogP contribution is -2.35. The Morgan fingerprint density at radius 3 is 2.45 bits per heavy atom. The first-order chi connectivity index (χ1) is 15.8. The van der Waals surface area contributed by atoms with E-state index < -0.39 is 10.0 Å². The van der Waals surface area contributed by atoms with Crippen molar-refractivity contribution < 1.29 is 22.7 Å². The lowest BCUT2D eigenvalue weighted by atomic mass is 10.0. The lowest BCUT2D eigenvalue weighted by Gasteiger charge is -2.31. The predicted octanol–water partition coefficient (Wildman–Crippen LogP) is 4.75. The van der Waals surface area contributed by atoms with Crippen LogP contribution in [-0.4, -0.2) is 35.1 Å². The van der Waals surface area contributed by atoms with E-state index in [1.807, 2.05) is 0 Å². The first kappa shape index (κ1) is 22.9. The fraction of sp³-hybridized carbons (Fsp3) is 0.208. The normalized spacial score (nSPS) is 13.2. The Bertz CT molecular complexity index is 1290. The van der Waals surface area contributed by atoms with Crippen molar-refractivity contribution >= 4 is 38.9 Å². The molecular weight excluding hydrogens is 464 g/mol. The molecule has 0 spiro atoms. The number of benzene rings is 3. The van der Waals surface area contributed by atoms with Crippen molar-refractivity contribution in [3.8, 4) is 11.5 Å². The van der Waals surface area contributed by atoms with Crippen molar-refractivity contribution in [1.82, 2.24) is 0 Å². The number of hydrogen-bond donors (Lipinski definition) is 1. The van der Waals surface area contributed by atoms with E-state index in [0.29, 0.717) is 52.8 Å². The number of nitrogens with one attached hydrogen (secondary N) is 1. The van der Waals surface area contributed by atoms with E-state index in [2.05, 4.69) is 5.32 Å². The number of sulfonamides is 1. The summed E-state index contributed by atoms with van der Waals surface area (Å²) in [6.45, 7) is 0.382. The molecule has 3 aromatic rings. The summed E-state index contributed by atoms with van der Waals surface area (Å²) in [7, 11) is -0.720. The van der Waals surface area contributed by atoms with Crippen LogP contribution >= 0.6 is 11.6 Å². The Kier molecular flexibility index (Phi) is 6.49. The lowest BCUT2D eigenvalue weighted by molar-refractivity contribution is 0.102. The summed E-state index contributed by atoms with van der Waals surface area (Å²) in [6.07, 6.45) is 1.37. The van der Waals surface area contributed by atoms with Crippen molar-refractivity contribution in [2.75, 3.05) is 30.4 Å². The van der Waals surface area contributed by atoms with Crippen molar-refractivity contribution in [2.24, 2.45) is 0 Å². The molecule has 4 rings (SSSR count). The number of rotatable bonds is 6. The number of aryl methyl sites for hydroxylation is 1. The monoisotopic (exact) mass is 486 g/mol. The molecule has 3 aromatic carbocycles. The van der Waals surface area contributed by atoms with Gasteiger partial charge in [-0.25, -0.2) is 8.42 Å². The molecule has 0 fully saturated rings. The highest BCUT2D eigenvalue weighted by molar-refractivity contribution is 7.92. The highest BCUT2D eigenvalue weighted by Gasteiger charge is 2.29. The van der Waals surface area contributed by atoms with Crippen LogP contribution in [0, 0.1) is 0 Å². The van der Waals surface area contributed by atoms with E-state index in [4.69, 9.17) is 21.1 Å². The fourth-order valence-electron chi connectivity index (χ4n) is 3.82. The molecule has 1 aliphatic rings. The van der Waals surface area contributed by atoms with Gasteiger partial charge in [0.15, 0.2) is 0 Å². The molecule has 0 saturated carbocycles.